The lowest BCUT2D eigenvalue weighted by Crippen LogP contribution is -2.38. The van der Waals surface area contributed by atoms with E-state index in [1.165, 1.54) is 32.1 Å². The average molecular weight is 128 g/mol. The van der Waals surface area contributed by atoms with E-state index in [2.05, 4.69) is 0 Å². The standard InChI is InChI=1S/C7H16N2/c1-9(8)7-5-3-2-4-6-7/h7H,2-6,8H2,1H3. The third-order valence-corrected chi connectivity index (χ3v) is 2.15. The number of hydrogen-bond acceptors (Lipinski definition) is 2. The Morgan fingerprint density at radius 2 is 1.78 bits per heavy atom. The van der Waals surface area contributed by atoms with E-state index in [1.54, 1.807) is 0 Å². The molecule has 0 saturated heterocycles. The van der Waals surface area contributed by atoms with Gasteiger partial charge in [0.1, 0.15) is 0 Å². The molecule has 0 aliphatic heterocycles. The smallest absolute Gasteiger partial charge is 0.0238 e. The van der Waals surface area contributed by atoms with Crippen molar-refractivity contribution < 1.29 is 0 Å². The van der Waals surface area contributed by atoms with Crippen LogP contribution < -0.4 is 5.84 Å². The molecular formula is C7H16N2. The van der Waals surface area contributed by atoms with Gasteiger partial charge in [-0.1, -0.05) is 19.3 Å². The highest BCUT2D eigenvalue weighted by atomic mass is 15.4. The molecule has 2 nitrogen and oxygen atoms in total. The highest BCUT2D eigenvalue weighted by Crippen LogP contribution is 2.19. The largest absolute Gasteiger partial charge is 0.269 e. The zero-order chi connectivity index (χ0) is 6.69. The zero-order valence-corrected chi connectivity index (χ0v) is 6.14. The van der Waals surface area contributed by atoms with Gasteiger partial charge in [-0.15, -0.1) is 0 Å². The first-order chi connectivity index (χ1) is 4.30. The van der Waals surface area contributed by atoms with E-state index in [9.17, 15) is 0 Å². The van der Waals surface area contributed by atoms with Gasteiger partial charge in [0.2, 0.25) is 0 Å². The maximum Gasteiger partial charge on any atom is 0.0238 e. The van der Waals surface area contributed by atoms with Crippen LogP contribution in [-0.2, 0) is 0 Å². The molecule has 1 rings (SSSR count). The van der Waals surface area contributed by atoms with Gasteiger partial charge in [-0.05, 0) is 12.8 Å². The number of nitrogens with two attached hydrogens (primary N) is 1. The fourth-order valence-corrected chi connectivity index (χ4v) is 1.49. The van der Waals surface area contributed by atoms with E-state index in [4.69, 9.17) is 5.84 Å². The summed E-state index contributed by atoms with van der Waals surface area (Å²) in [6.07, 6.45) is 6.74. The molecule has 1 aliphatic rings. The topological polar surface area (TPSA) is 29.3 Å². The Kier molecular flexibility index (Phi) is 2.49. The Morgan fingerprint density at radius 1 is 1.22 bits per heavy atom. The predicted octanol–water partition coefficient (Wildman–Crippen LogP) is 1.12. The van der Waals surface area contributed by atoms with Crippen LogP contribution in [0.1, 0.15) is 32.1 Å². The maximum absolute atomic E-state index is 5.60. The Balaban J connectivity index is 2.23. The van der Waals surface area contributed by atoms with Gasteiger partial charge in [-0.25, -0.2) is 5.01 Å². The van der Waals surface area contributed by atoms with E-state index < -0.39 is 0 Å². The van der Waals surface area contributed by atoms with Crippen LogP contribution in [-0.4, -0.2) is 18.1 Å². The zero-order valence-electron chi connectivity index (χ0n) is 6.14. The lowest BCUT2D eigenvalue weighted by molar-refractivity contribution is 0.195. The number of hydrogen-bond donors (Lipinski definition) is 1. The molecule has 9 heavy (non-hydrogen) atoms. The van der Waals surface area contributed by atoms with Gasteiger partial charge in [-0.2, -0.15) is 0 Å². The third kappa shape index (κ3) is 1.95. The molecule has 0 aromatic carbocycles. The molecule has 2 heteroatoms. The highest BCUT2D eigenvalue weighted by molar-refractivity contribution is 4.69. The molecule has 0 bridgehead atoms. The molecule has 0 radical (unpaired) electrons. The van der Waals surface area contributed by atoms with Gasteiger partial charge < -0.3 is 0 Å². The normalized spacial score (nSPS) is 23.0. The van der Waals surface area contributed by atoms with Crippen LogP contribution in [0.3, 0.4) is 0 Å². The first-order valence-electron chi connectivity index (χ1n) is 3.78. The second kappa shape index (κ2) is 3.18. The summed E-state index contributed by atoms with van der Waals surface area (Å²) < 4.78 is 0. The number of nitrogens with zero attached hydrogens (tertiary/aromatic N) is 1. The first kappa shape index (κ1) is 7.03. The van der Waals surface area contributed by atoms with Crippen molar-refractivity contribution in [3.05, 3.63) is 0 Å². The molecule has 0 atom stereocenters. The Bertz CT molecular complexity index is 75.0. The maximum atomic E-state index is 5.60. The Labute approximate surface area is 57.0 Å². The summed E-state index contributed by atoms with van der Waals surface area (Å²) >= 11 is 0. The van der Waals surface area contributed by atoms with Crippen molar-refractivity contribution in [3.8, 4) is 0 Å². The minimum atomic E-state index is 0.666. The van der Waals surface area contributed by atoms with E-state index in [-0.39, 0.29) is 0 Å². The molecular weight excluding hydrogens is 112 g/mol. The lowest BCUT2D eigenvalue weighted by Gasteiger charge is -2.27. The van der Waals surface area contributed by atoms with Crippen LogP contribution in [0.15, 0.2) is 0 Å². The van der Waals surface area contributed by atoms with Crippen molar-refractivity contribution in [1.29, 1.82) is 0 Å². The second-order valence-corrected chi connectivity index (χ2v) is 2.96. The molecule has 1 saturated carbocycles. The molecule has 1 fully saturated rings. The first-order valence-corrected chi connectivity index (χ1v) is 3.78. The van der Waals surface area contributed by atoms with Crippen molar-refractivity contribution in [1.82, 2.24) is 5.01 Å². The summed E-state index contributed by atoms with van der Waals surface area (Å²) in [4.78, 5) is 0. The number of rotatable bonds is 1. The molecule has 0 aromatic heterocycles. The monoisotopic (exact) mass is 128 g/mol. The van der Waals surface area contributed by atoms with E-state index in [1.807, 2.05) is 12.1 Å². The highest BCUT2D eigenvalue weighted by Gasteiger charge is 2.14. The molecule has 0 aromatic rings. The summed E-state index contributed by atoms with van der Waals surface area (Å²) in [6.45, 7) is 0. The van der Waals surface area contributed by atoms with E-state index in [0.29, 0.717) is 6.04 Å². The van der Waals surface area contributed by atoms with Crippen LogP contribution in [0.4, 0.5) is 0 Å². The average Bonchev–Trinajstić information content (AvgIpc) is 1.90. The van der Waals surface area contributed by atoms with Crippen molar-refractivity contribution in [2.24, 2.45) is 5.84 Å². The van der Waals surface area contributed by atoms with Crippen molar-refractivity contribution in [3.63, 3.8) is 0 Å². The molecule has 0 spiro atoms. The Morgan fingerprint density at radius 3 is 2.11 bits per heavy atom. The van der Waals surface area contributed by atoms with Crippen molar-refractivity contribution in [2.45, 2.75) is 38.1 Å². The molecule has 1 aliphatic carbocycles. The summed E-state index contributed by atoms with van der Waals surface area (Å²) in [5.41, 5.74) is 0. The SMILES string of the molecule is CN(N)C1CCCCC1. The molecule has 0 unspecified atom stereocenters. The van der Waals surface area contributed by atoms with Crippen LogP contribution in [0.2, 0.25) is 0 Å². The fourth-order valence-electron chi connectivity index (χ4n) is 1.49. The van der Waals surface area contributed by atoms with Crippen LogP contribution in [0.5, 0.6) is 0 Å². The quantitative estimate of drug-likeness (QED) is 0.423. The van der Waals surface area contributed by atoms with Crippen LogP contribution >= 0.6 is 0 Å². The van der Waals surface area contributed by atoms with Crippen molar-refractivity contribution >= 4 is 0 Å². The van der Waals surface area contributed by atoms with Gasteiger partial charge >= 0.3 is 0 Å². The van der Waals surface area contributed by atoms with Crippen LogP contribution in [0, 0.1) is 0 Å². The minimum absolute atomic E-state index is 0.666. The van der Waals surface area contributed by atoms with E-state index >= 15 is 0 Å². The van der Waals surface area contributed by atoms with Gasteiger partial charge in [0, 0.05) is 13.1 Å². The summed E-state index contributed by atoms with van der Waals surface area (Å²) in [5.74, 6) is 5.60. The minimum Gasteiger partial charge on any atom is -0.269 e. The molecule has 0 amide bonds. The molecule has 54 valence electrons. The van der Waals surface area contributed by atoms with Gasteiger partial charge in [-0.3, -0.25) is 5.84 Å². The second-order valence-electron chi connectivity index (χ2n) is 2.96. The van der Waals surface area contributed by atoms with Crippen LogP contribution in [0.25, 0.3) is 0 Å². The van der Waals surface area contributed by atoms with Gasteiger partial charge in [0.05, 0.1) is 0 Å². The van der Waals surface area contributed by atoms with Gasteiger partial charge in [0.15, 0.2) is 0 Å². The van der Waals surface area contributed by atoms with Gasteiger partial charge in [0.25, 0.3) is 0 Å². The third-order valence-electron chi connectivity index (χ3n) is 2.15. The lowest BCUT2D eigenvalue weighted by atomic mass is 9.95. The summed E-state index contributed by atoms with van der Waals surface area (Å²) in [5, 5.41) is 1.86. The number of hydrazine groups is 1. The summed E-state index contributed by atoms with van der Waals surface area (Å²) in [6, 6.07) is 0.666. The van der Waals surface area contributed by atoms with Crippen molar-refractivity contribution in [2.75, 3.05) is 7.05 Å². The van der Waals surface area contributed by atoms with E-state index in [0.717, 1.165) is 0 Å². The molecule has 2 N–H and O–H groups in total. The molecule has 0 heterocycles. The predicted molar refractivity (Wildman–Crippen MR) is 38.8 cm³/mol. The Hall–Kier alpha value is -0.0800. The fraction of sp³-hybridized carbons (Fsp3) is 1.00. The summed E-state index contributed by atoms with van der Waals surface area (Å²) in [7, 11) is 1.97.